The van der Waals surface area contributed by atoms with Crippen LogP contribution in [0, 0.1) is 20.2 Å². The van der Waals surface area contributed by atoms with Crippen LogP contribution in [0.25, 0.3) is 0 Å². The highest BCUT2D eigenvalue weighted by Crippen LogP contribution is 2.31. The van der Waals surface area contributed by atoms with Crippen LogP contribution in [0.1, 0.15) is 67.0 Å². The Balaban J connectivity index is 1.40. The maximum atomic E-state index is 14.0. The lowest BCUT2D eigenvalue weighted by Gasteiger charge is -2.29. The average Bonchev–Trinajstić information content (AvgIpc) is 3.16. The Labute approximate surface area is 308 Å². The number of nitroso groups, excluding NO2 is 2. The van der Waals surface area contributed by atoms with Gasteiger partial charge in [0, 0.05) is 52.5 Å². The Morgan fingerprint density at radius 1 is 0.660 bits per heavy atom. The van der Waals surface area contributed by atoms with E-state index in [0.29, 0.717) is 39.3 Å². The maximum Gasteiger partial charge on any atom is 0.285 e. The van der Waals surface area contributed by atoms with Gasteiger partial charge in [-0.15, -0.1) is 0 Å². The van der Waals surface area contributed by atoms with Crippen LogP contribution >= 0.6 is 0 Å². The number of nitrogens with one attached hydrogen (secondary N) is 1. The van der Waals surface area contributed by atoms with Gasteiger partial charge in [0.25, 0.3) is 23.8 Å². The first-order chi connectivity index (χ1) is 25.6. The van der Waals surface area contributed by atoms with E-state index in [1.807, 2.05) is 0 Å². The van der Waals surface area contributed by atoms with E-state index in [4.69, 9.17) is 0 Å². The maximum absolute atomic E-state index is 14.0. The van der Waals surface area contributed by atoms with Gasteiger partial charge in [-0.2, -0.15) is 0 Å². The van der Waals surface area contributed by atoms with Crippen LogP contribution in [0.3, 0.4) is 0 Å². The highest BCUT2D eigenvalue weighted by molar-refractivity contribution is 5.86. The normalized spacial score (nSPS) is 19.3. The molecule has 0 fully saturated rings. The third kappa shape index (κ3) is 8.00. The van der Waals surface area contributed by atoms with Gasteiger partial charge >= 0.3 is 0 Å². The molecule has 4 heterocycles. The molecule has 0 saturated heterocycles. The van der Waals surface area contributed by atoms with Gasteiger partial charge in [0.1, 0.15) is 35.9 Å². The summed E-state index contributed by atoms with van der Waals surface area (Å²) in [6.07, 6.45) is 21.9. The summed E-state index contributed by atoms with van der Waals surface area (Å²) < 4.78 is 0.938. The monoisotopic (exact) mass is 722 g/mol. The van der Waals surface area contributed by atoms with E-state index in [9.17, 15) is 29.8 Å². The molecule has 2 amide bonds. The number of nitrogens with zero attached hydrogens (tertiary/aromatic N) is 5. The molecule has 14 nitrogen and oxygen atoms in total. The highest BCUT2D eigenvalue weighted by atomic mass is 16.5. The zero-order valence-electron chi connectivity index (χ0n) is 30.3. The Morgan fingerprint density at radius 2 is 1.11 bits per heavy atom. The first-order valence-corrected chi connectivity index (χ1v) is 17.8. The number of rotatable bonds is 12. The smallest absolute Gasteiger partial charge is 0.285 e. The summed E-state index contributed by atoms with van der Waals surface area (Å²) in [5.41, 5.74) is 16.0. The van der Waals surface area contributed by atoms with Crippen LogP contribution in [-0.4, -0.2) is 36.4 Å². The van der Waals surface area contributed by atoms with Gasteiger partial charge in [0.15, 0.2) is 0 Å². The molecule has 14 heteroatoms. The Kier molecular flexibility index (Phi) is 12.4. The van der Waals surface area contributed by atoms with Gasteiger partial charge in [-0.25, -0.2) is 0 Å². The summed E-state index contributed by atoms with van der Waals surface area (Å²) in [5.74, 6) is -0.904. The van der Waals surface area contributed by atoms with E-state index < -0.39 is 5.91 Å². The summed E-state index contributed by atoms with van der Waals surface area (Å²) >= 11 is 0. The lowest BCUT2D eigenvalue weighted by molar-refractivity contribution is -0.424. The van der Waals surface area contributed by atoms with Crippen molar-refractivity contribution in [3.63, 3.8) is 0 Å². The molecule has 276 valence electrons. The van der Waals surface area contributed by atoms with Crippen molar-refractivity contribution in [3.8, 4) is 0 Å². The van der Waals surface area contributed by atoms with Gasteiger partial charge in [-0.05, 0) is 90.4 Å². The third-order valence-electron chi connectivity index (χ3n) is 9.51. The van der Waals surface area contributed by atoms with Crippen molar-refractivity contribution in [3.05, 3.63) is 173 Å². The van der Waals surface area contributed by atoms with E-state index in [2.05, 4.69) is 37.6 Å². The molecule has 1 aromatic carbocycles. The van der Waals surface area contributed by atoms with E-state index in [1.165, 1.54) is 93.7 Å². The lowest BCUT2D eigenvalue weighted by Crippen LogP contribution is -2.50. The van der Waals surface area contributed by atoms with Crippen molar-refractivity contribution in [2.24, 2.45) is 0 Å². The zero-order chi connectivity index (χ0) is 38.2. The average molecular weight is 723 g/mol. The molecule has 0 spiro atoms. The molecule has 0 aliphatic carbocycles. The van der Waals surface area contributed by atoms with Crippen molar-refractivity contribution >= 4 is 11.8 Å². The number of hydrogen-bond acceptors (Lipinski definition) is 8. The summed E-state index contributed by atoms with van der Waals surface area (Å²) in [5, 5.41) is 28.9. The fraction of sp³-hybridized carbons (Fsp3) is 0.282. The van der Waals surface area contributed by atoms with Crippen LogP contribution in [0.4, 0.5) is 0 Å². The topological polar surface area (TPSA) is 197 Å². The molecule has 0 bridgehead atoms. The minimum atomic E-state index is -0.563. The summed E-state index contributed by atoms with van der Waals surface area (Å²) in [4.78, 5) is 55.1. The molecular formula is C39H46N8O6+2. The molecule has 4 aliphatic heterocycles. The Morgan fingerprint density at radius 3 is 1.51 bits per heavy atom. The number of amides is 2. The molecule has 4 aliphatic rings. The lowest BCUT2D eigenvalue weighted by atomic mass is 9.83. The van der Waals surface area contributed by atoms with Crippen LogP contribution in [-0.2, 0) is 48.5 Å². The number of benzene rings is 1. The van der Waals surface area contributed by atoms with Crippen LogP contribution < -0.4 is 16.8 Å². The van der Waals surface area contributed by atoms with Crippen molar-refractivity contribution < 1.29 is 30.6 Å². The van der Waals surface area contributed by atoms with E-state index >= 15 is 0 Å². The second-order valence-corrected chi connectivity index (χ2v) is 12.5. The van der Waals surface area contributed by atoms with Crippen molar-refractivity contribution in [1.29, 1.82) is 0 Å². The number of hydrogen-bond donors (Lipinski definition) is 3. The molecule has 0 aromatic heterocycles. The summed E-state index contributed by atoms with van der Waals surface area (Å²) in [6, 6.07) is 0. The molecule has 7 N–H and O–H groups in total. The van der Waals surface area contributed by atoms with E-state index in [0.717, 1.165) is 37.2 Å². The second-order valence-electron chi connectivity index (χ2n) is 12.5. The predicted octanol–water partition coefficient (Wildman–Crippen LogP) is 3.65. The van der Waals surface area contributed by atoms with Gasteiger partial charge < -0.3 is 37.3 Å². The Hall–Kier alpha value is -5.80. The quantitative estimate of drug-likeness (QED) is 0.272. The van der Waals surface area contributed by atoms with Gasteiger partial charge in [-0.1, -0.05) is 32.9 Å². The molecular weight excluding hydrogens is 676 g/mol. The van der Waals surface area contributed by atoms with Gasteiger partial charge in [0.05, 0.1) is 9.52 Å². The molecule has 53 heavy (non-hydrogen) atoms. The molecule has 1 aromatic rings. The highest BCUT2D eigenvalue weighted by Gasteiger charge is 2.34. The van der Waals surface area contributed by atoms with Crippen molar-refractivity contribution in [1.82, 2.24) is 20.3 Å². The summed E-state index contributed by atoms with van der Waals surface area (Å²) in [7, 11) is 0. The van der Waals surface area contributed by atoms with Crippen molar-refractivity contribution in [2.75, 3.05) is 0 Å². The first-order valence-electron chi connectivity index (χ1n) is 17.8. The van der Waals surface area contributed by atoms with Gasteiger partial charge in [-0.3, -0.25) is 14.5 Å². The van der Waals surface area contributed by atoms with Crippen LogP contribution in [0.5, 0.6) is 0 Å². The number of carbonyl (C=O) groups excluding carboxylic acids is 2. The minimum Gasteiger partial charge on any atom is -0.754 e. The SMILES string of the molecule is CCc1c(C[NH3+])c(CC)c(CNC(=O)CCC(=O)N(C2=C[N+](=O)C(=C3C=CC=CN3[O-])C=C2)C2=C[N+](=O)C(=C3C=CC=CN3[O-])C=C2)c(CC)c1C[NH3+]. The standard InChI is InChI=1S/C39H44N8O6/c1-4-28-31(21-40)29(5-2)33(30(6-3)32(28)22-41)23-42-38(48)17-18-39(49)47(26-13-15-36(45(52)24-26)34-11-7-9-19-43(34)50)27-14-16-37(46(53)25-27)35-12-8-10-20-44(35)51/h7-16,19-20,24-25H,4-6,17-18,21-23,40-41H2,1-3H3,(H,42,48)/p+2. The van der Waals surface area contributed by atoms with Gasteiger partial charge in [0.2, 0.25) is 11.8 Å². The van der Waals surface area contributed by atoms with Crippen molar-refractivity contribution in [2.45, 2.75) is 72.5 Å². The predicted molar refractivity (Wildman–Crippen MR) is 198 cm³/mol. The number of allylic oxidation sites excluding steroid dienone is 10. The largest absolute Gasteiger partial charge is 0.754 e. The number of carbonyl (C=O) groups is 2. The molecule has 0 saturated carbocycles. The molecule has 0 radical (unpaired) electrons. The fourth-order valence-electron chi connectivity index (χ4n) is 7.09. The second kappa shape index (κ2) is 17.1. The first kappa shape index (κ1) is 38.4. The van der Waals surface area contributed by atoms with E-state index in [1.54, 1.807) is 12.2 Å². The molecule has 5 rings (SSSR count). The Bertz CT molecular complexity index is 1910. The molecule has 0 unspecified atom stereocenters. The third-order valence-corrected chi connectivity index (χ3v) is 9.51. The van der Waals surface area contributed by atoms with E-state index in [-0.39, 0.29) is 52.9 Å². The zero-order valence-corrected chi connectivity index (χ0v) is 30.3. The number of hydroxylamine groups is 4. The van der Waals surface area contributed by atoms with Crippen LogP contribution in [0.15, 0.2) is 120 Å². The fourth-order valence-corrected chi connectivity index (χ4v) is 7.09. The minimum absolute atomic E-state index is 0.0448. The molecule has 0 atom stereocenters. The van der Waals surface area contributed by atoms with Crippen LogP contribution in [0.2, 0.25) is 0 Å². The number of quaternary nitrogens is 2. The summed E-state index contributed by atoms with van der Waals surface area (Å²) in [6.45, 7) is 7.90.